The SMILES string of the molecule is CCCCNC(=O)c1nc(C(=O)Nc2ccccc2OCC)n2c1CCCC2. The molecule has 0 fully saturated rings. The Morgan fingerprint density at radius 1 is 1.18 bits per heavy atom. The Hall–Kier alpha value is -2.83. The Kier molecular flexibility index (Phi) is 6.68. The first-order valence-corrected chi connectivity index (χ1v) is 10.1. The molecule has 1 aliphatic heterocycles. The maximum absolute atomic E-state index is 13.0. The van der Waals surface area contributed by atoms with Crippen LogP contribution in [0.1, 0.15) is 66.3 Å². The molecule has 0 bridgehead atoms. The van der Waals surface area contributed by atoms with Gasteiger partial charge < -0.3 is 19.9 Å². The van der Waals surface area contributed by atoms with Crippen molar-refractivity contribution in [3.8, 4) is 5.75 Å². The molecule has 28 heavy (non-hydrogen) atoms. The van der Waals surface area contributed by atoms with E-state index in [4.69, 9.17) is 4.74 Å². The number of aromatic nitrogens is 2. The molecule has 2 heterocycles. The summed E-state index contributed by atoms with van der Waals surface area (Å²) in [5.74, 6) is 0.360. The van der Waals surface area contributed by atoms with Crippen molar-refractivity contribution in [2.45, 2.75) is 52.5 Å². The van der Waals surface area contributed by atoms with Crippen LogP contribution in [-0.4, -0.2) is 34.5 Å². The first-order valence-electron chi connectivity index (χ1n) is 10.1. The minimum absolute atomic E-state index is 0.201. The molecule has 1 aromatic heterocycles. The summed E-state index contributed by atoms with van der Waals surface area (Å²) in [7, 11) is 0. The lowest BCUT2D eigenvalue weighted by Crippen LogP contribution is -2.26. The molecule has 2 amide bonds. The van der Waals surface area contributed by atoms with E-state index in [-0.39, 0.29) is 17.6 Å². The normalized spacial score (nSPS) is 12.9. The van der Waals surface area contributed by atoms with Gasteiger partial charge in [0.25, 0.3) is 11.8 Å². The Bertz CT molecular complexity index is 844. The van der Waals surface area contributed by atoms with Crippen LogP contribution in [-0.2, 0) is 13.0 Å². The zero-order valence-corrected chi connectivity index (χ0v) is 16.6. The van der Waals surface area contributed by atoms with Gasteiger partial charge in [-0.3, -0.25) is 9.59 Å². The molecule has 7 nitrogen and oxygen atoms in total. The van der Waals surface area contributed by atoms with Crippen molar-refractivity contribution in [2.75, 3.05) is 18.5 Å². The topological polar surface area (TPSA) is 85.2 Å². The fourth-order valence-electron chi connectivity index (χ4n) is 3.39. The number of para-hydroxylation sites is 2. The highest BCUT2D eigenvalue weighted by Gasteiger charge is 2.27. The molecule has 0 saturated heterocycles. The molecule has 0 unspecified atom stereocenters. The zero-order valence-electron chi connectivity index (χ0n) is 16.6. The number of amides is 2. The first-order chi connectivity index (χ1) is 13.7. The van der Waals surface area contributed by atoms with Crippen LogP contribution in [0, 0.1) is 0 Å². The van der Waals surface area contributed by atoms with Gasteiger partial charge in [-0.2, -0.15) is 0 Å². The van der Waals surface area contributed by atoms with E-state index in [1.54, 1.807) is 6.07 Å². The largest absolute Gasteiger partial charge is 0.492 e. The van der Waals surface area contributed by atoms with E-state index in [1.165, 1.54) is 0 Å². The second-order valence-electron chi connectivity index (χ2n) is 6.83. The van der Waals surface area contributed by atoms with E-state index in [9.17, 15) is 9.59 Å². The smallest absolute Gasteiger partial charge is 0.291 e. The molecule has 7 heteroatoms. The van der Waals surface area contributed by atoms with E-state index < -0.39 is 0 Å². The predicted octanol–water partition coefficient (Wildman–Crippen LogP) is 3.40. The van der Waals surface area contributed by atoms with Crippen LogP contribution in [0.15, 0.2) is 24.3 Å². The fourth-order valence-corrected chi connectivity index (χ4v) is 3.39. The number of fused-ring (bicyclic) bond motifs is 1. The summed E-state index contributed by atoms with van der Waals surface area (Å²) in [5.41, 5.74) is 1.82. The number of carbonyl (C=O) groups excluding carboxylic acids is 2. The number of nitrogens with one attached hydrogen (secondary N) is 2. The molecule has 0 aliphatic carbocycles. The van der Waals surface area contributed by atoms with Crippen molar-refractivity contribution < 1.29 is 14.3 Å². The van der Waals surface area contributed by atoms with Crippen LogP contribution in [0.2, 0.25) is 0 Å². The molecule has 0 spiro atoms. The summed E-state index contributed by atoms with van der Waals surface area (Å²) in [6, 6.07) is 7.30. The number of anilines is 1. The molecule has 0 atom stereocenters. The molecular weight excluding hydrogens is 356 g/mol. The number of nitrogens with zero attached hydrogens (tertiary/aromatic N) is 2. The van der Waals surface area contributed by atoms with Crippen LogP contribution in [0.5, 0.6) is 5.75 Å². The number of imidazole rings is 1. The number of unbranched alkanes of at least 4 members (excludes halogenated alkanes) is 1. The summed E-state index contributed by atoms with van der Waals surface area (Å²) < 4.78 is 7.46. The van der Waals surface area contributed by atoms with Crippen molar-refractivity contribution in [3.05, 3.63) is 41.5 Å². The maximum atomic E-state index is 13.0. The third kappa shape index (κ3) is 4.35. The average Bonchev–Trinajstić information content (AvgIpc) is 3.10. The van der Waals surface area contributed by atoms with Crippen molar-refractivity contribution in [1.29, 1.82) is 0 Å². The molecular formula is C21H28N4O3. The van der Waals surface area contributed by atoms with Gasteiger partial charge in [-0.15, -0.1) is 0 Å². The third-order valence-corrected chi connectivity index (χ3v) is 4.79. The predicted molar refractivity (Wildman–Crippen MR) is 108 cm³/mol. The number of ether oxygens (including phenoxy) is 1. The van der Waals surface area contributed by atoms with Gasteiger partial charge in [-0.05, 0) is 44.7 Å². The maximum Gasteiger partial charge on any atom is 0.291 e. The summed E-state index contributed by atoms with van der Waals surface area (Å²) in [6.07, 6.45) is 4.65. The van der Waals surface area contributed by atoms with E-state index >= 15 is 0 Å². The Labute approximate surface area is 165 Å². The van der Waals surface area contributed by atoms with Crippen LogP contribution >= 0.6 is 0 Å². The minimum atomic E-state index is -0.331. The fraction of sp³-hybridized carbons (Fsp3) is 0.476. The van der Waals surface area contributed by atoms with Crippen molar-refractivity contribution in [1.82, 2.24) is 14.9 Å². The summed E-state index contributed by atoms with van der Waals surface area (Å²) in [4.78, 5) is 30.0. The second kappa shape index (κ2) is 9.39. The molecule has 0 radical (unpaired) electrons. The number of carbonyl (C=O) groups is 2. The Morgan fingerprint density at radius 2 is 2.00 bits per heavy atom. The lowest BCUT2D eigenvalue weighted by molar-refractivity contribution is 0.0947. The van der Waals surface area contributed by atoms with Crippen molar-refractivity contribution in [3.63, 3.8) is 0 Å². The molecule has 3 rings (SSSR count). The van der Waals surface area contributed by atoms with Gasteiger partial charge in [0, 0.05) is 13.1 Å². The van der Waals surface area contributed by atoms with E-state index in [0.29, 0.717) is 36.8 Å². The highest BCUT2D eigenvalue weighted by molar-refractivity contribution is 6.04. The molecule has 1 aromatic carbocycles. The number of rotatable bonds is 8. The number of hydrogen-bond acceptors (Lipinski definition) is 4. The zero-order chi connectivity index (χ0) is 19.9. The molecule has 150 valence electrons. The van der Waals surface area contributed by atoms with Gasteiger partial charge in [0.05, 0.1) is 18.0 Å². The van der Waals surface area contributed by atoms with Crippen LogP contribution in [0.3, 0.4) is 0 Å². The summed E-state index contributed by atoms with van der Waals surface area (Å²) in [6.45, 7) is 5.79. The molecule has 0 saturated carbocycles. The summed E-state index contributed by atoms with van der Waals surface area (Å²) in [5, 5.41) is 5.80. The third-order valence-electron chi connectivity index (χ3n) is 4.79. The lowest BCUT2D eigenvalue weighted by atomic mass is 10.1. The Morgan fingerprint density at radius 3 is 2.79 bits per heavy atom. The quantitative estimate of drug-likeness (QED) is 0.683. The van der Waals surface area contributed by atoms with E-state index in [0.717, 1.165) is 37.8 Å². The standard InChI is InChI=1S/C21H28N4O3/c1-3-5-13-22-20(26)18-16-11-8-9-14-25(16)19(24-18)21(27)23-15-10-6-7-12-17(15)28-4-2/h6-7,10,12H,3-5,8-9,11,13-14H2,1-2H3,(H,22,26)(H,23,27). The van der Waals surface area contributed by atoms with Crippen LogP contribution < -0.4 is 15.4 Å². The highest BCUT2D eigenvalue weighted by Crippen LogP contribution is 2.26. The first kappa shape index (κ1) is 19.9. The minimum Gasteiger partial charge on any atom is -0.492 e. The van der Waals surface area contributed by atoms with Crippen molar-refractivity contribution in [2.24, 2.45) is 0 Å². The van der Waals surface area contributed by atoms with Gasteiger partial charge in [0.1, 0.15) is 11.4 Å². The highest BCUT2D eigenvalue weighted by atomic mass is 16.5. The molecule has 2 N–H and O–H groups in total. The van der Waals surface area contributed by atoms with Crippen LogP contribution in [0.25, 0.3) is 0 Å². The molecule has 1 aliphatic rings. The van der Waals surface area contributed by atoms with Gasteiger partial charge in [0.15, 0.2) is 5.82 Å². The lowest BCUT2D eigenvalue weighted by Gasteiger charge is -2.17. The van der Waals surface area contributed by atoms with Gasteiger partial charge in [-0.1, -0.05) is 25.5 Å². The Balaban J connectivity index is 1.85. The van der Waals surface area contributed by atoms with Gasteiger partial charge in [-0.25, -0.2) is 4.98 Å². The van der Waals surface area contributed by atoms with Crippen molar-refractivity contribution >= 4 is 17.5 Å². The van der Waals surface area contributed by atoms with Gasteiger partial charge >= 0.3 is 0 Å². The molecule has 2 aromatic rings. The number of benzene rings is 1. The van der Waals surface area contributed by atoms with E-state index in [2.05, 4.69) is 22.5 Å². The average molecular weight is 384 g/mol. The number of hydrogen-bond donors (Lipinski definition) is 2. The van der Waals surface area contributed by atoms with E-state index in [1.807, 2.05) is 29.7 Å². The summed E-state index contributed by atoms with van der Waals surface area (Å²) >= 11 is 0. The van der Waals surface area contributed by atoms with Crippen LogP contribution in [0.4, 0.5) is 5.69 Å². The monoisotopic (exact) mass is 384 g/mol. The second-order valence-corrected chi connectivity index (χ2v) is 6.83. The van der Waals surface area contributed by atoms with Gasteiger partial charge in [0.2, 0.25) is 0 Å².